The molecule has 38 heavy (non-hydrogen) atoms. The Labute approximate surface area is 223 Å². The number of nitrogen functional groups attached to an aromatic ring is 1. The van der Waals surface area contributed by atoms with Gasteiger partial charge in [-0.25, -0.2) is 24.6 Å². The van der Waals surface area contributed by atoms with Gasteiger partial charge in [0.15, 0.2) is 10.8 Å². The van der Waals surface area contributed by atoms with Gasteiger partial charge in [-0.15, -0.1) is 0 Å². The summed E-state index contributed by atoms with van der Waals surface area (Å²) in [7, 11) is 0. The molecule has 3 N–H and O–H groups in total. The second kappa shape index (κ2) is 9.53. The molecule has 6 aromatic rings. The average Bonchev–Trinajstić information content (AvgIpc) is 3.45. The van der Waals surface area contributed by atoms with Crippen LogP contribution in [0.5, 0.6) is 5.88 Å². The van der Waals surface area contributed by atoms with Gasteiger partial charge in [0.1, 0.15) is 17.8 Å². The van der Waals surface area contributed by atoms with Crippen LogP contribution in [-0.4, -0.2) is 42.4 Å². The van der Waals surface area contributed by atoms with Gasteiger partial charge in [0.25, 0.3) is 0 Å². The number of fused-ring (bicyclic) bond motifs is 3. The van der Waals surface area contributed by atoms with Gasteiger partial charge >= 0.3 is 0 Å². The van der Waals surface area contributed by atoms with E-state index in [-0.39, 0.29) is 6.10 Å². The van der Waals surface area contributed by atoms with E-state index in [9.17, 15) is 0 Å². The number of benzene rings is 2. The Kier molecular flexibility index (Phi) is 6.03. The summed E-state index contributed by atoms with van der Waals surface area (Å²) < 4.78 is 9.04. The Morgan fingerprint density at radius 3 is 2.76 bits per heavy atom. The fourth-order valence-corrected chi connectivity index (χ4v) is 5.66. The molecule has 4 aromatic heterocycles. The molecule has 9 nitrogen and oxygen atoms in total. The van der Waals surface area contributed by atoms with Gasteiger partial charge in [0.05, 0.1) is 33.9 Å². The lowest BCUT2D eigenvalue weighted by Crippen LogP contribution is -2.10. The molecule has 0 atom stereocenters. The average molecular weight is 525 g/mol. The number of nitrogens with one attached hydrogen (secondary N) is 1. The number of rotatable bonds is 7. The topological polar surface area (TPSA) is 117 Å². The van der Waals surface area contributed by atoms with Crippen LogP contribution >= 0.6 is 11.3 Å². The maximum atomic E-state index is 6.37. The summed E-state index contributed by atoms with van der Waals surface area (Å²) in [4.78, 5) is 18.4. The van der Waals surface area contributed by atoms with E-state index in [1.54, 1.807) is 11.3 Å². The number of nitrogens with two attached hydrogens (primary N) is 1. The van der Waals surface area contributed by atoms with Gasteiger partial charge in [0, 0.05) is 17.5 Å². The van der Waals surface area contributed by atoms with Crippen LogP contribution in [0.1, 0.15) is 32.0 Å². The Balaban J connectivity index is 1.47. The van der Waals surface area contributed by atoms with Gasteiger partial charge in [-0.05, 0) is 56.8 Å². The minimum atomic E-state index is -0.0000627. The fraction of sp³-hybridized carbons (Fsp3) is 0.250. The molecule has 0 aliphatic rings. The van der Waals surface area contributed by atoms with Crippen molar-refractivity contribution in [3.8, 4) is 17.1 Å². The lowest BCUT2D eigenvalue weighted by molar-refractivity contribution is 0.235. The second-order valence-corrected chi connectivity index (χ2v) is 10.5. The number of aryl methyl sites for hydroxylation is 1. The SMILES string of the molecule is CCNc1nc2ccc(-c3nn(Cc4cc5cccc(C)c5c(OC(C)C)n4)c4ncnc(N)c34)cc2s1. The monoisotopic (exact) mass is 524 g/mol. The first-order valence-corrected chi connectivity index (χ1v) is 13.4. The van der Waals surface area contributed by atoms with Crippen LogP contribution < -0.4 is 15.8 Å². The van der Waals surface area contributed by atoms with Crippen LogP contribution in [0.25, 0.3) is 43.3 Å². The quantitative estimate of drug-likeness (QED) is 0.269. The van der Waals surface area contributed by atoms with Crippen molar-refractivity contribution in [2.45, 2.75) is 40.3 Å². The Hall–Kier alpha value is -4.31. The molecular weight excluding hydrogens is 496 g/mol. The number of nitrogens with zero attached hydrogens (tertiary/aromatic N) is 6. The number of aromatic nitrogens is 6. The zero-order valence-electron chi connectivity index (χ0n) is 21.7. The van der Waals surface area contributed by atoms with Crippen LogP contribution in [0.3, 0.4) is 0 Å². The lowest BCUT2D eigenvalue weighted by Gasteiger charge is -2.15. The summed E-state index contributed by atoms with van der Waals surface area (Å²) in [6, 6.07) is 14.4. The van der Waals surface area contributed by atoms with Gasteiger partial charge in [0.2, 0.25) is 5.88 Å². The van der Waals surface area contributed by atoms with Crippen molar-refractivity contribution in [3.63, 3.8) is 0 Å². The maximum Gasteiger partial charge on any atom is 0.222 e. The molecule has 0 saturated heterocycles. The first-order chi connectivity index (χ1) is 18.4. The third-order valence-corrected chi connectivity index (χ3v) is 7.27. The molecule has 0 saturated carbocycles. The Morgan fingerprint density at radius 2 is 1.95 bits per heavy atom. The predicted molar refractivity (Wildman–Crippen MR) is 154 cm³/mol. The first-order valence-electron chi connectivity index (χ1n) is 12.6. The zero-order chi connectivity index (χ0) is 26.4. The number of pyridine rings is 1. The van der Waals surface area contributed by atoms with Crippen molar-refractivity contribution in [2.75, 3.05) is 17.6 Å². The van der Waals surface area contributed by atoms with Crippen molar-refractivity contribution in [3.05, 3.63) is 60.0 Å². The minimum Gasteiger partial charge on any atom is -0.474 e. The van der Waals surface area contributed by atoms with Crippen LogP contribution in [0, 0.1) is 6.92 Å². The highest BCUT2D eigenvalue weighted by Crippen LogP contribution is 2.35. The lowest BCUT2D eigenvalue weighted by atomic mass is 10.1. The third-order valence-electron chi connectivity index (χ3n) is 6.29. The van der Waals surface area contributed by atoms with E-state index < -0.39 is 0 Å². The van der Waals surface area contributed by atoms with Gasteiger partial charge in [-0.2, -0.15) is 5.10 Å². The second-order valence-electron chi connectivity index (χ2n) is 9.45. The predicted octanol–water partition coefficient (Wildman–Crippen LogP) is 5.81. The molecular formula is C28H28N8OS. The van der Waals surface area contributed by atoms with E-state index in [1.165, 1.54) is 6.33 Å². The smallest absolute Gasteiger partial charge is 0.222 e. The molecule has 0 aliphatic carbocycles. The van der Waals surface area contributed by atoms with Crippen LogP contribution in [0.2, 0.25) is 0 Å². The van der Waals surface area contributed by atoms with Crippen molar-refractivity contribution >= 4 is 54.3 Å². The number of thiazole rings is 1. The van der Waals surface area contributed by atoms with Crippen molar-refractivity contribution in [1.29, 1.82) is 0 Å². The summed E-state index contributed by atoms with van der Waals surface area (Å²) >= 11 is 1.62. The Bertz CT molecular complexity index is 1810. The zero-order valence-corrected chi connectivity index (χ0v) is 22.5. The first kappa shape index (κ1) is 24.1. The highest BCUT2D eigenvalue weighted by Gasteiger charge is 2.19. The number of hydrogen-bond acceptors (Lipinski definition) is 9. The van der Waals surface area contributed by atoms with Crippen molar-refractivity contribution < 1.29 is 4.74 Å². The van der Waals surface area contributed by atoms with Crippen LogP contribution in [0.4, 0.5) is 10.9 Å². The normalized spacial score (nSPS) is 11.7. The molecule has 6 rings (SSSR count). The van der Waals surface area contributed by atoms with E-state index in [0.29, 0.717) is 23.9 Å². The summed E-state index contributed by atoms with van der Waals surface area (Å²) in [5.74, 6) is 1.02. The van der Waals surface area contributed by atoms with E-state index in [0.717, 1.165) is 60.6 Å². The number of anilines is 2. The number of ether oxygens (including phenoxy) is 1. The van der Waals surface area contributed by atoms with Gasteiger partial charge in [-0.1, -0.05) is 35.6 Å². The number of hydrogen-bond donors (Lipinski definition) is 2. The largest absolute Gasteiger partial charge is 0.474 e. The Morgan fingerprint density at radius 1 is 1.08 bits per heavy atom. The highest BCUT2D eigenvalue weighted by molar-refractivity contribution is 7.22. The molecule has 0 unspecified atom stereocenters. The van der Waals surface area contributed by atoms with Crippen molar-refractivity contribution in [1.82, 2.24) is 29.7 Å². The van der Waals surface area contributed by atoms with E-state index >= 15 is 0 Å². The molecule has 0 aliphatic heterocycles. The molecule has 0 radical (unpaired) electrons. The summed E-state index contributed by atoms with van der Waals surface area (Å²) in [6.07, 6.45) is 1.47. The third kappa shape index (κ3) is 4.26. The molecule has 0 bridgehead atoms. The molecule has 0 spiro atoms. The molecule has 0 fully saturated rings. The minimum absolute atomic E-state index is 0.0000627. The summed E-state index contributed by atoms with van der Waals surface area (Å²) in [6.45, 7) is 9.37. The standard InChI is InChI=1S/C28H28N8OS/c1-5-30-28-34-20-10-9-18(12-21(20)38-28)24-23-25(29)31-14-32-26(23)36(35-24)13-19-11-17-8-6-7-16(4)22(17)27(33-19)37-15(2)3/h6-12,14-15H,5,13H2,1-4H3,(H,30,34)(H2,29,31,32). The summed E-state index contributed by atoms with van der Waals surface area (Å²) in [5, 5.41) is 12.0. The fourth-order valence-electron chi connectivity index (χ4n) is 4.69. The van der Waals surface area contributed by atoms with E-state index in [2.05, 4.69) is 58.4 Å². The maximum absolute atomic E-state index is 6.37. The molecule has 10 heteroatoms. The van der Waals surface area contributed by atoms with Gasteiger partial charge in [-0.3, -0.25) is 0 Å². The van der Waals surface area contributed by atoms with Crippen LogP contribution in [0.15, 0.2) is 48.8 Å². The van der Waals surface area contributed by atoms with E-state index in [4.69, 9.17) is 20.6 Å². The summed E-state index contributed by atoms with van der Waals surface area (Å²) in [5.41, 5.74) is 11.6. The van der Waals surface area contributed by atoms with Crippen LogP contribution in [-0.2, 0) is 6.54 Å². The molecule has 4 heterocycles. The van der Waals surface area contributed by atoms with E-state index in [1.807, 2.05) is 36.7 Å². The molecule has 2 aromatic carbocycles. The van der Waals surface area contributed by atoms with Crippen molar-refractivity contribution in [2.24, 2.45) is 0 Å². The highest BCUT2D eigenvalue weighted by atomic mass is 32.1. The molecule has 0 amide bonds. The molecule has 192 valence electrons. The van der Waals surface area contributed by atoms with Gasteiger partial charge < -0.3 is 15.8 Å².